The zero-order chi connectivity index (χ0) is 12.6. The first kappa shape index (κ1) is 12.1. The van der Waals surface area contributed by atoms with Gasteiger partial charge in [-0.1, -0.05) is 17.7 Å². The van der Waals surface area contributed by atoms with Gasteiger partial charge in [-0.2, -0.15) is 0 Å². The first-order valence-corrected chi connectivity index (χ1v) is 6.02. The van der Waals surface area contributed by atoms with Crippen molar-refractivity contribution in [1.29, 1.82) is 0 Å². The minimum absolute atomic E-state index is 0.147. The molecule has 0 amide bonds. The summed E-state index contributed by atoms with van der Waals surface area (Å²) in [6.07, 6.45) is 0.147. The molecule has 2 aromatic rings. The molecule has 0 fully saturated rings. The van der Waals surface area contributed by atoms with Crippen molar-refractivity contribution in [2.24, 2.45) is 0 Å². The van der Waals surface area contributed by atoms with Crippen LogP contribution in [0.15, 0.2) is 24.3 Å². The summed E-state index contributed by atoms with van der Waals surface area (Å²) in [5.41, 5.74) is 7.73. The number of hydrogen-bond acceptors (Lipinski definition) is 2. The van der Waals surface area contributed by atoms with E-state index in [1.165, 1.54) is 0 Å². The molecule has 0 atom stereocenters. The molecular formula is C14H16ClNO. The summed E-state index contributed by atoms with van der Waals surface area (Å²) in [5.74, 6) is 0.820. The number of aryl methyl sites for hydroxylation is 1. The molecule has 2 N–H and O–H groups in total. The Morgan fingerprint density at radius 2 is 1.88 bits per heavy atom. The number of nitrogen functional groups attached to an aromatic ring is 1. The number of halogens is 1. The zero-order valence-electron chi connectivity index (χ0n) is 10.3. The normalized spacial score (nSPS) is 11.1. The molecule has 0 saturated carbocycles. The molecule has 3 heteroatoms. The summed E-state index contributed by atoms with van der Waals surface area (Å²) in [4.78, 5) is 0. The van der Waals surface area contributed by atoms with Crippen molar-refractivity contribution in [1.82, 2.24) is 0 Å². The van der Waals surface area contributed by atoms with E-state index in [-0.39, 0.29) is 6.10 Å². The monoisotopic (exact) mass is 249 g/mol. The van der Waals surface area contributed by atoms with Crippen molar-refractivity contribution in [2.75, 3.05) is 5.73 Å². The average Bonchev–Trinajstić information content (AvgIpc) is 2.25. The summed E-state index contributed by atoms with van der Waals surface area (Å²) in [5, 5.41) is 2.66. The van der Waals surface area contributed by atoms with E-state index >= 15 is 0 Å². The van der Waals surface area contributed by atoms with E-state index in [2.05, 4.69) is 0 Å². The van der Waals surface area contributed by atoms with Gasteiger partial charge in [0.1, 0.15) is 5.75 Å². The molecule has 17 heavy (non-hydrogen) atoms. The number of fused-ring (bicyclic) bond motifs is 1. The predicted octanol–water partition coefficient (Wildman–Crippen LogP) is 4.17. The number of benzene rings is 2. The lowest BCUT2D eigenvalue weighted by molar-refractivity contribution is 0.243. The van der Waals surface area contributed by atoms with Crippen LogP contribution >= 0.6 is 11.6 Å². The van der Waals surface area contributed by atoms with Crippen molar-refractivity contribution in [3.8, 4) is 5.75 Å². The van der Waals surface area contributed by atoms with Crippen LogP contribution in [0.1, 0.15) is 19.4 Å². The molecule has 0 saturated heterocycles. The van der Waals surface area contributed by atoms with Crippen molar-refractivity contribution < 1.29 is 4.74 Å². The van der Waals surface area contributed by atoms with Crippen LogP contribution < -0.4 is 10.5 Å². The number of anilines is 1. The van der Waals surface area contributed by atoms with Crippen LogP contribution in [0.2, 0.25) is 5.02 Å². The maximum Gasteiger partial charge on any atom is 0.120 e. The Hall–Kier alpha value is -1.41. The fourth-order valence-electron chi connectivity index (χ4n) is 1.91. The zero-order valence-corrected chi connectivity index (χ0v) is 11.0. The van der Waals surface area contributed by atoms with Gasteiger partial charge in [0.15, 0.2) is 0 Å². The molecule has 0 aliphatic carbocycles. The van der Waals surface area contributed by atoms with E-state index in [0.29, 0.717) is 10.7 Å². The highest BCUT2D eigenvalue weighted by Gasteiger charge is 2.08. The van der Waals surface area contributed by atoms with Gasteiger partial charge in [-0.3, -0.25) is 0 Å². The Bertz CT molecular complexity index is 564. The highest BCUT2D eigenvalue weighted by atomic mass is 35.5. The fourth-order valence-corrected chi connectivity index (χ4v) is 2.18. The lowest BCUT2D eigenvalue weighted by Gasteiger charge is -2.13. The third kappa shape index (κ3) is 2.32. The van der Waals surface area contributed by atoms with E-state index < -0.39 is 0 Å². The minimum atomic E-state index is 0.147. The van der Waals surface area contributed by atoms with Crippen molar-refractivity contribution in [3.05, 3.63) is 34.9 Å². The average molecular weight is 250 g/mol. The summed E-state index contributed by atoms with van der Waals surface area (Å²) >= 11 is 6.09. The Kier molecular flexibility index (Phi) is 3.16. The standard InChI is InChI=1S/C14H16ClNO/c1-8(2)17-10-4-5-11-9(3)6-13(15)14(16)12(11)7-10/h4-8H,16H2,1-3H3. The maximum atomic E-state index is 6.09. The van der Waals surface area contributed by atoms with Gasteiger partial charge in [0.05, 0.1) is 16.8 Å². The smallest absolute Gasteiger partial charge is 0.120 e. The Balaban J connectivity index is 2.63. The molecule has 2 aromatic carbocycles. The second-order valence-corrected chi connectivity index (χ2v) is 4.87. The number of hydrogen-bond donors (Lipinski definition) is 1. The lowest BCUT2D eigenvalue weighted by atomic mass is 10.0. The highest BCUT2D eigenvalue weighted by Crippen LogP contribution is 2.33. The van der Waals surface area contributed by atoms with Gasteiger partial charge in [-0.05, 0) is 49.9 Å². The maximum absolute atomic E-state index is 6.09. The molecule has 0 aromatic heterocycles. The first-order valence-electron chi connectivity index (χ1n) is 5.64. The number of ether oxygens (including phenoxy) is 1. The third-order valence-corrected chi connectivity index (χ3v) is 2.99. The molecule has 2 nitrogen and oxygen atoms in total. The van der Waals surface area contributed by atoms with Gasteiger partial charge in [0, 0.05) is 5.39 Å². The van der Waals surface area contributed by atoms with Crippen LogP contribution in [0, 0.1) is 6.92 Å². The topological polar surface area (TPSA) is 35.2 Å². The first-order chi connectivity index (χ1) is 7.99. The molecular weight excluding hydrogens is 234 g/mol. The number of nitrogens with two attached hydrogens (primary N) is 1. The van der Waals surface area contributed by atoms with E-state index in [0.717, 1.165) is 22.1 Å². The molecule has 0 bridgehead atoms. The Labute approximate surface area is 106 Å². The SMILES string of the molecule is Cc1cc(Cl)c(N)c2cc(OC(C)C)ccc12. The lowest BCUT2D eigenvalue weighted by Crippen LogP contribution is -2.05. The van der Waals surface area contributed by atoms with E-state index in [4.69, 9.17) is 22.1 Å². The summed E-state index contributed by atoms with van der Waals surface area (Å²) in [6.45, 7) is 6.02. The van der Waals surface area contributed by atoms with Crippen LogP contribution in [0.4, 0.5) is 5.69 Å². The summed E-state index contributed by atoms with van der Waals surface area (Å²) in [6, 6.07) is 7.82. The summed E-state index contributed by atoms with van der Waals surface area (Å²) in [7, 11) is 0. The minimum Gasteiger partial charge on any atom is -0.491 e. The van der Waals surface area contributed by atoms with Gasteiger partial charge in [0.25, 0.3) is 0 Å². The predicted molar refractivity (Wildman–Crippen MR) is 73.9 cm³/mol. The van der Waals surface area contributed by atoms with Crippen molar-refractivity contribution >= 4 is 28.1 Å². The van der Waals surface area contributed by atoms with E-state index in [1.54, 1.807) is 0 Å². The number of rotatable bonds is 2. The summed E-state index contributed by atoms with van der Waals surface area (Å²) < 4.78 is 5.66. The van der Waals surface area contributed by atoms with Gasteiger partial charge >= 0.3 is 0 Å². The Morgan fingerprint density at radius 1 is 1.18 bits per heavy atom. The van der Waals surface area contributed by atoms with Gasteiger partial charge < -0.3 is 10.5 Å². The molecule has 0 aliphatic rings. The van der Waals surface area contributed by atoms with E-state index in [1.807, 2.05) is 45.0 Å². The van der Waals surface area contributed by atoms with Crippen LogP contribution in [-0.4, -0.2) is 6.10 Å². The van der Waals surface area contributed by atoms with E-state index in [9.17, 15) is 0 Å². The van der Waals surface area contributed by atoms with Gasteiger partial charge in [0.2, 0.25) is 0 Å². The van der Waals surface area contributed by atoms with Crippen LogP contribution in [0.3, 0.4) is 0 Å². The van der Waals surface area contributed by atoms with Crippen LogP contribution in [0.25, 0.3) is 10.8 Å². The molecule has 90 valence electrons. The van der Waals surface area contributed by atoms with Gasteiger partial charge in [-0.15, -0.1) is 0 Å². The molecule has 2 rings (SSSR count). The van der Waals surface area contributed by atoms with Crippen LogP contribution in [-0.2, 0) is 0 Å². The second kappa shape index (κ2) is 4.46. The van der Waals surface area contributed by atoms with Crippen LogP contribution in [0.5, 0.6) is 5.75 Å². The quantitative estimate of drug-likeness (QED) is 0.811. The molecule has 0 spiro atoms. The second-order valence-electron chi connectivity index (χ2n) is 4.46. The van der Waals surface area contributed by atoms with Crippen molar-refractivity contribution in [2.45, 2.75) is 26.9 Å². The van der Waals surface area contributed by atoms with Gasteiger partial charge in [-0.25, -0.2) is 0 Å². The van der Waals surface area contributed by atoms with Crippen molar-refractivity contribution in [3.63, 3.8) is 0 Å². The Morgan fingerprint density at radius 3 is 2.53 bits per heavy atom. The molecule has 0 heterocycles. The largest absolute Gasteiger partial charge is 0.491 e. The highest BCUT2D eigenvalue weighted by molar-refractivity contribution is 6.34. The molecule has 0 unspecified atom stereocenters. The fraction of sp³-hybridized carbons (Fsp3) is 0.286. The third-order valence-electron chi connectivity index (χ3n) is 2.68. The molecule has 0 aliphatic heterocycles. The molecule has 0 radical (unpaired) electrons.